The van der Waals surface area contributed by atoms with Crippen LogP contribution in [0.1, 0.15) is 33.5 Å². The zero-order chi connectivity index (χ0) is 17.5. The largest absolute Gasteiger partial charge is 0.350 e. The van der Waals surface area contributed by atoms with Crippen LogP contribution in [0.4, 0.5) is 0 Å². The highest BCUT2D eigenvalue weighted by molar-refractivity contribution is 7.98. The maximum absolute atomic E-state index is 12.2. The normalized spacial score (nSPS) is 12.2. The maximum Gasteiger partial charge on any atom is 0.270 e. The van der Waals surface area contributed by atoms with E-state index < -0.39 is 0 Å². The molecule has 3 N–H and O–H groups in total. The molecule has 0 saturated carbocycles. The van der Waals surface area contributed by atoms with Crippen LogP contribution in [0.25, 0.3) is 0 Å². The lowest BCUT2D eigenvalue weighted by atomic mass is 10.1. The van der Waals surface area contributed by atoms with Crippen LogP contribution in [0, 0.1) is 0 Å². The van der Waals surface area contributed by atoms with Gasteiger partial charge in [-0.15, -0.1) is 11.3 Å². The fourth-order valence-electron chi connectivity index (χ4n) is 2.06. The molecule has 0 aliphatic rings. The molecule has 4 nitrogen and oxygen atoms in total. The fourth-order valence-corrected chi connectivity index (χ4v) is 3.88. The van der Waals surface area contributed by atoms with E-state index in [-0.39, 0.29) is 11.9 Å². The highest BCUT2D eigenvalue weighted by Gasteiger charge is 2.15. The highest BCUT2D eigenvalue weighted by Crippen LogP contribution is 2.22. The number of hydrogen-bond acceptors (Lipinski definition) is 5. The zero-order valence-electron chi connectivity index (χ0n) is 13.2. The summed E-state index contributed by atoms with van der Waals surface area (Å²) in [5.74, 6) is 0.782. The molecule has 0 radical (unpaired) electrons. The molecule has 0 aliphatic carbocycles. The number of aromatic nitrogens is 1. The Kier molecular flexibility index (Phi) is 7.84. The summed E-state index contributed by atoms with van der Waals surface area (Å²) < 4.78 is 0. The molecular weight excluding hydrogens is 385 g/mol. The number of benzene rings is 1. The minimum absolute atomic E-state index is 0.114. The van der Waals surface area contributed by atoms with Gasteiger partial charge in [0, 0.05) is 22.0 Å². The van der Waals surface area contributed by atoms with Crippen LogP contribution < -0.4 is 11.1 Å². The third-order valence-electron chi connectivity index (χ3n) is 3.40. The minimum atomic E-state index is -0.195. The molecule has 0 spiro atoms. The van der Waals surface area contributed by atoms with E-state index in [0.29, 0.717) is 28.7 Å². The summed E-state index contributed by atoms with van der Waals surface area (Å²) in [5.41, 5.74) is 7.43. The molecule has 24 heavy (non-hydrogen) atoms. The average molecular weight is 404 g/mol. The van der Waals surface area contributed by atoms with Crippen molar-refractivity contribution in [3.05, 3.63) is 49.9 Å². The summed E-state index contributed by atoms with van der Waals surface area (Å²) in [6.45, 7) is 0.478. The van der Waals surface area contributed by atoms with Crippen LogP contribution in [-0.4, -0.2) is 29.4 Å². The number of amides is 1. The predicted molar refractivity (Wildman–Crippen MR) is 105 cm³/mol. The van der Waals surface area contributed by atoms with Crippen molar-refractivity contribution in [3.63, 3.8) is 0 Å². The van der Waals surface area contributed by atoms with Crippen LogP contribution >= 0.6 is 46.3 Å². The third kappa shape index (κ3) is 5.63. The van der Waals surface area contributed by atoms with E-state index in [1.54, 1.807) is 29.3 Å². The molecule has 2 aromatic rings. The maximum atomic E-state index is 12.2. The third-order valence-corrected chi connectivity index (χ3v) is 5.61. The van der Waals surface area contributed by atoms with E-state index in [0.717, 1.165) is 22.7 Å². The van der Waals surface area contributed by atoms with Crippen molar-refractivity contribution in [1.82, 2.24) is 10.3 Å². The van der Waals surface area contributed by atoms with Crippen LogP contribution in [0.2, 0.25) is 10.0 Å². The molecule has 1 unspecified atom stereocenters. The lowest BCUT2D eigenvalue weighted by molar-refractivity contribution is 0.0949. The Labute approximate surface area is 160 Å². The second-order valence-electron chi connectivity index (χ2n) is 5.20. The molecule has 0 fully saturated rings. The molecule has 0 bridgehead atoms. The Hall–Kier alpha value is -0.790. The second-order valence-corrected chi connectivity index (χ2v) is 7.92. The quantitative estimate of drug-likeness (QED) is 0.693. The van der Waals surface area contributed by atoms with Crippen LogP contribution in [0.15, 0.2) is 23.6 Å². The van der Waals surface area contributed by atoms with Crippen LogP contribution in [0.3, 0.4) is 0 Å². The Morgan fingerprint density at radius 3 is 2.96 bits per heavy atom. The lowest BCUT2D eigenvalue weighted by Crippen LogP contribution is -2.26. The monoisotopic (exact) mass is 403 g/mol. The van der Waals surface area contributed by atoms with Gasteiger partial charge in [0.15, 0.2) is 0 Å². The van der Waals surface area contributed by atoms with Crippen LogP contribution in [-0.2, 0) is 6.42 Å². The summed E-state index contributed by atoms with van der Waals surface area (Å²) in [7, 11) is 0. The van der Waals surface area contributed by atoms with E-state index in [1.807, 2.05) is 12.3 Å². The number of rotatable bonds is 8. The molecule has 1 atom stereocenters. The van der Waals surface area contributed by atoms with Crippen molar-refractivity contribution in [2.75, 3.05) is 18.6 Å². The van der Waals surface area contributed by atoms with Gasteiger partial charge in [0.1, 0.15) is 10.7 Å². The Morgan fingerprint density at radius 1 is 1.46 bits per heavy atom. The topological polar surface area (TPSA) is 68.0 Å². The average Bonchev–Trinajstić information content (AvgIpc) is 3.04. The van der Waals surface area contributed by atoms with Gasteiger partial charge in [0.25, 0.3) is 5.91 Å². The SMILES string of the molecule is CSCCC(N)c1nc(C(=O)NCCc2ccc(Cl)cc2Cl)cs1. The number of hydrogen-bond donors (Lipinski definition) is 2. The number of carbonyl (C=O) groups excluding carboxylic acids is 1. The number of carbonyl (C=O) groups is 1. The van der Waals surface area contributed by atoms with Crippen molar-refractivity contribution in [2.45, 2.75) is 18.9 Å². The lowest BCUT2D eigenvalue weighted by Gasteiger charge is -2.07. The number of nitrogens with zero attached hydrogens (tertiary/aromatic N) is 1. The molecule has 1 amide bonds. The van der Waals surface area contributed by atoms with Gasteiger partial charge in [0.05, 0.1) is 6.04 Å². The number of thioether (sulfide) groups is 1. The van der Waals surface area contributed by atoms with Gasteiger partial charge < -0.3 is 11.1 Å². The first-order valence-corrected chi connectivity index (χ1v) is 10.5. The Balaban J connectivity index is 1.85. The molecule has 0 aliphatic heterocycles. The number of halogens is 2. The molecule has 0 saturated heterocycles. The van der Waals surface area contributed by atoms with E-state index in [4.69, 9.17) is 28.9 Å². The Bertz CT molecular complexity index is 694. The molecule has 1 aromatic heterocycles. The van der Waals surface area contributed by atoms with Gasteiger partial charge in [-0.05, 0) is 42.5 Å². The van der Waals surface area contributed by atoms with Gasteiger partial charge in [0.2, 0.25) is 0 Å². The first kappa shape index (κ1) is 19.5. The first-order valence-electron chi connectivity index (χ1n) is 7.43. The minimum Gasteiger partial charge on any atom is -0.350 e. The summed E-state index contributed by atoms with van der Waals surface area (Å²) >= 11 is 15.2. The van der Waals surface area contributed by atoms with Gasteiger partial charge in [-0.2, -0.15) is 11.8 Å². The molecule has 1 aromatic carbocycles. The van der Waals surface area contributed by atoms with Gasteiger partial charge in [-0.1, -0.05) is 29.3 Å². The first-order chi connectivity index (χ1) is 11.5. The smallest absolute Gasteiger partial charge is 0.270 e. The fraction of sp³-hybridized carbons (Fsp3) is 0.375. The van der Waals surface area contributed by atoms with Crippen molar-refractivity contribution in [1.29, 1.82) is 0 Å². The summed E-state index contributed by atoms with van der Waals surface area (Å²) in [5, 5.41) is 6.61. The molecule has 130 valence electrons. The van der Waals surface area contributed by atoms with Crippen molar-refractivity contribution in [2.24, 2.45) is 5.73 Å². The molecule has 8 heteroatoms. The van der Waals surface area contributed by atoms with E-state index >= 15 is 0 Å². The zero-order valence-corrected chi connectivity index (χ0v) is 16.4. The number of nitrogens with one attached hydrogen (secondary N) is 1. The van der Waals surface area contributed by atoms with Crippen LogP contribution in [0.5, 0.6) is 0 Å². The second kappa shape index (κ2) is 9.63. The van der Waals surface area contributed by atoms with Gasteiger partial charge in [-0.25, -0.2) is 4.98 Å². The molecular formula is C16H19Cl2N3OS2. The van der Waals surface area contributed by atoms with E-state index in [1.165, 1.54) is 11.3 Å². The summed E-state index contributed by atoms with van der Waals surface area (Å²) in [6, 6.07) is 5.23. The molecule has 1 heterocycles. The highest BCUT2D eigenvalue weighted by atomic mass is 35.5. The van der Waals surface area contributed by atoms with Gasteiger partial charge in [-0.3, -0.25) is 4.79 Å². The standard InChI is InChI=1S/C16H19Cl2N3OS2/c1-23-7-5-13(19)16-21-14(9-24-16)15(22)20-6-4-10-2-3-11(17)8-12(10)18/h2-3,8-9,13H,4-7,19H2,1H3,(H,20,22). The van der Waals surface area contributed by atoms with Crippen molar-refractivity contribution < 1.29 is 4.79 Å². The predicted octanol–water partition coefficient (Wildman–Crippen LogP) is 4.18. The molecule has 2 rings (SSSR count). The summed E-state index contributed by atoms with van der Waals surface area (Å²) in [4.78, 5) is 16.5. The summed E-state index contributed by atoms with van der Waals surface area (Å²) in [6.07, 6.45) is 3.52. The van der Waals surface area contributed by atoms with Crippen molar-refractivity contribution in [3.8, 4) is 0 Å². The number of thiazole rings is 1. The van der Waals surface area contributed by atoms with Gasteiger partial charge >= 0.3 is 0 Å². The number of nitrogens with two attached hydrogens (primary N) is 1. The van der Waals surface area contributed by atoms with Crippen molar-refractivity contribution >= 4 is 52.2 Å². The van der Waals surface area contributed by atoms with E-state index in [9.17, 15) is 4.79 Å². The Morgan fingerprint density at radius 2 is 2.25 bits per heavy atom. The van der Waals surface area contributed by atoms with E-state index in [2.05, 4.69) is 10.3 Å².